The fourth-order valence-corrected chi connectivity index (χ4v) is 6.28. The minimum absolute atomic E-state index is 0.120. The van der Waals surface area contributed by atoms with E-state index in [0.29, 0.717) is 19.3 Å². The largest absolute Gasteiger partial charge is 0.462 e. The van der Waals surface area contributed by atoms with Crippen molar-refractivity contribution in [3.05, 3.63) is 146 Å². The van der Waals surface area contributed by atoms with Gasteiger partial charge in [0.25, 0.3) is 0 Å². The number of carbonyl (C=O) groups is 3. The van der Waals surface area contributed by atoms with Crippen LogP contribution in [0.15, 0.2) is 146 Å². The first-order valence-corrected chi connectivity index (χ1v) is 25.5. The number of esters is 3. The number of allylic oxidation sites excluding steroid dienone is 24. The van der Waals surface area contributed by atoms with Crippen LogP contribution in [0.4, 0.5) is 0 Å². The summed E-state index contributed by atoms with van der Waals surface area (Å²) in [6.07, 6.45) is 73.9. The summed E-state index contributed by atoms with van der Waals surface area (Å²) in [6.45, 7) is 6.22. The van der Waals surface area contributed by atoms with Crippen LogP contribution in [0, 0.1) is 0 Å². The Bertz CT molecular complexity index is 1490. The van der Waals surface area contributed by atoms with E-state index >= 15 is 0 Å². The van der Waals surface area contributed by atoms with Crippen LogP contribution in [0.5, 0.6) is 0 Å². The van der Waals surface area contributed by atoms with Crippen LogP contribution < -0.4 is 0 Å². The zero-order valence-corrected chi connectivity index (χ0v) is 41.2. The van der Waals surface area contributed by atoms with E-state index in [1.807, 2.05) is 97.2 Å². The molecule has 0 aromatic heterocycles. The topological polar surface area (TPSA) is 78.9 Å². The van der Waals surface area contributed by atoms with Crippen molar-refractivity contribution in [2.24, 2.45) is 0 Å². The Morgan fingerprint density at radius 3 is 1.08 bits per heavy atom. The van der Waals surface area contributed by atoms with Gasteiger partial charge in [-0.25, -0.2) is 0 Å². The fourth-order valence-electron chi connectivity index (χ4n) is 6.28. The SMILES string of the molecule is CC\C=C/C=C\C=C/C=C\C=C/CCCCCC(=O)OCC(COC(=O)CCCCCCCCC/C=C\C/C=C\CCCCC)OC(=O)CCCCC\C=C/C=C\C=C/C=C\C=C/CC. The number of carbonyl (C=O) groups excluding carboxylic acids is 3. The van der Waals surface area contributed by atoms with Gasteiger partial charge in [0.15, 0.2) is 6.10 Å². The van der Waals surface area contributed by atoms with E-state index in [-0.39, 0.29) is 37.5 Å². The average Bonchev–Trinajstić information content (AvgIpc) is 3.30. The molecule has 0 N–H and O–H groups in total. The monoisotopic (exact) mass is 895 g/mol. The molecule has 0 aliphatic carbocycles. The number of unbranched alkanes of at least 4 members (excludes halogenated alkanes) is 16. The van der Waals surface area contributed by atoms with Gasteiger partial charge in [-0.2, -0.15) is 0 Å². The van der Waals surface area contributed by atoms with Gasteiger partial charge in [-0.05, 0) is 89.9 Å². The number of ether oxygens (including phenoxy) is 3. The predicted molar refractivity (Wildman–Crippen MR) is 279 cm³/mol. The van der Waals surface area contributed by atoms with Gasteiger partial charge < -0.3 is 14.2 Å². The van der Waals surface area contributed by atoms with E-state index in [9.17, 15) is 14.4 Å². The number of hydrogen-bond donors (Lipinski definition) is 0. The standard InChI is InChI=1S/C59H90O6/c1-4-7-10-13-16-19-22-25-28-29-32-34-37-40-43-46-49-52-58(61)64-55-56(65-59(62)53-50-47-44-41-38-35-31-27-24-21-18-15-12-9-6-3)54-63-57(60)51-48-45-42-39-36-33-30-26-23-20-17-14-11-8-5-2/h8-9,11-12,14-21,23-28,30-31,33,35-36,38,56H,4-7,10,13,22,29,32,34,37,39-55H2,1-3H3/b11-8-,12-9-,17-14-,18-15-,19-16-,23-20-,24-21-,28-25-,30-26-,31-27-,36-33-,38-35-. The third kappa shape index (κ3) is 50.2. The quantitative estimate of drug-likeness (QED) is 0.0199. The minimum Gasteiger partial charge on any atom is -0.462 e. The second-order valence-electron chi connectivity index (χ2n) is 16.2. The van der Waals surface area contributed by atoms with E-state index in [1.165, 1.54) is 51.4 Å². The van der Waals surface area contributed by atoms with Gasteiger partial charge in [0, 0.05) is 19.3 Å². The molecule has 0 aromatic carbocycles. The molecule has 0 amide bonds. The second kappa shape index (κ2) is 51.9. The molecule has 0 saturated heterocycles. The van der Waals surface area contributed by atoms with E-state index in [4.69, 9.17) is 14.2 Å². The molecule has 0 aromatic rings. The second-order valence-corrected chi connectivity index (χ2v) is 16.2. The summed E-state index contributed by atoms with van der Waals surface area (Å²) in [7, 11) is 0. The zero-order chi connectivity index (χ0) is 47.2. The van der Waals surface area contributed by atoms with Crippen LogP contribution in [0.3, 0.4) is 0 Å². The first-order chi connectivity index (χ1) is 32.0. The maximum atomic E-state index is 12.8. The number of rotatable bonds is 43. The molecule has 1 unspecified atom stereocenters. The van der Waals surface area contributed by atoms with Crippen LogP contribution in [-0.4, -0.2) is 37.2 Å². The van der Waals surface area contributed by atoms with E-state index in [0.717, 1.165) is 89.9 Å². The summed E-state index contributed by atoms with van der Waals surface area (Å²) in [5, 5.41) is 0. The molecule has 362 valence electrons. The number of hydrogen-bond acceptors (Lipinski definition) is 6. The third-order valence-corrected chi connectivity index (χ3v) is 10.1. The molecular formula is C59H90O6. The molecule has 6 nitrogen and oxygen atoms in total. The lowest BCUT2D eigenvalue weighted by Gasteiger charge is -2.18. The highest BCUT2D eigenvalue weighted by Crippen LogP contribution is 2.13. The molecule has 0 spiro atoms. The lowest BCUT2D eigenvalue weighted by atomic mass is 10.1. The van der Waals surface area contributed by atoms with Crippen molar-refractivity contribution in [2.45, 2.75) is 194 Å². The Morgan fingerprint density at radius 2 is 0.662 bits per heavy atom. The fraction of sp³-hybridized carbons (Fsp3) is 0.542. The summed E-state index contributed by atoms with van der Waals surface area (Å²) >= 11 is 0. The first kappa shape index (κ1) is 60.3. The average molecular weight is 895 g/mol. The highest BCUT2D eigenvalue weighted by atomic mass is 16.6. The molecule has 0 aliphatic heterocycles. The van der Waals surface area contributed by atoms with Gasteiger partial charge in [-0.3, -0.25) is 14.4 Å². The Morgan fingerprint density at radius 1 is 0.338 bits per heavy atom. The van der Waals surface area contributed by atoms with E-state index < -0.39 is 6.10 Å². The summed E-state index contributed by atoms with van der Waals surface area (Å²) in [5.74, 6) is -1.03. The lowest BCUT2D eigenvalue weighted by Crippen LogP contribution is -2.30. The molecule has 0 bridgehead atoms. The van der Waals surface area contributed by atoms with E-state index in [2.05, 4.69) is 69.4 Å². The molecular weight excluding hydrogens is 805 g/mol. The molecule has 65 heavy (non-hydrogen) atoms. The highest BCUT2D eigenvalue weighted by Gasteiger charge is 2.19. The molecule has 0 radical (unpaired) electrons. The Balaban J connectivity index is 4.58. The smallest absolute Gasteiger partial charge is 0.306 e. The maximum Gasteiger partial charge on any atom is 0.306 e. The van der Waals surface area contributed by atoms with Crippen LogP contribution >= 0.6 is 0 Å². The summed E-state index contributed by atoms with van der Waals surface area (Å²) in [4.78, 5) is 38.0. The predicted octanol–water partition coefficient (Wildman–Crippen LogP) is 16.9. The third-order valence-electron chi connectivity index (χ3n) is 10.1. The van der Waals surface area contributed by atoms with Crippen molar-refractivity contribution in [3.8, 4) is 0 Å². The van der Waals surface area contributed by atoms with Gasteiger partial charge in [0.2, 0.25) is 0 Å². The van der Waals surface area contributed by atoms with Crippen molar-refractivity contribution in [2.75, 3.05) is 13.2 Å². The van der Waals surface area contributed by atoms with Crippen molar-refractivity contribution in [1.29, 1.82) is 0 Å². The van der Waals surface area contributed by atoms with Crippen molar-refractivity contribution in [1.82, 2.24) is 0 Å². The van der Waals surface area contributed by atoms with Crippen molar-refractivity contribution >= 4 is 17.9 Å². The van der Waals surface area contributed by atoms with Crippen molar-refractivity contribution in [3.63, 3.8) is 0 Å². The Kier molecular flexibility index (Phi) is 48.2. The Hall–Kier alpha value is -4.71. The zero-order valence-electron chi connectivity index (χ0n) is 41.2. The first-order valence-electron chi connectivity index (χ1n) is 25.5. The molecule has 6 heteroatoms. The highest BCUT2D eigenvalue weighted by molar-refractivity contribution is 5.71. The van der Waals surface area contributed by atoms with Gasteiger partial charge in [0.1, 0.15) is 13.2 Å². The summed E-state index contributed by atoms with van der Waals surface area (Å²) in [6, 6.07) is 0. The summed E-state index contributed by atoms with van der Waals surface area (Å²) < 4.78 is 16.7. The van der Waals surface area contributed by atoms with E-state index in [1.54, 1.807) is 0 Å². The van der Waals surface area contributed by atoms with Gasteiger partial charge in [-0.15, -0.1) is 0 Å². The minimum atomic E-state index is -0.828. The molecule has 1 atom stereocenters. The van der Waals surface area contributed by atoms with Gasteiger partial charge >= 0.3 is 17.9 Å². The molecule has 0 fully saturated rings. The molecule has 0 heterocycles. The van der Waals surface area contributed by atoms with Crippen LogP contribution in [-0.2, 0) is 28.6 Å². The molecule has 0 saturated carbocycles. The molecule has 0 rings (SSSR count). The molecule has 0 aliphatic rings. The lowest BCUT2D eigenvalue weighted by molar-refractivity contribution is -0.167. The van der Waals surface area contributed by atoms with Crippen molar-refractivity contribution < 1.29 is 28.6 Å². The normalized spacial score (nSPS) is 13.3. The van der Waals surface area contributed by atoms with Crippen LogP contribution in [0.1, 0.15) is 188 Å². The van der Waals surface area contributed by atoms with Crippen LogP contribution in [0.25, 0.3) is 0 Å². The maximum absolute atomic E-state index is 12.8. The van der Waals surface area contributed by atoms with Crippen LogP contribution in [0.2, 0.25) is 0 Å². The van der Waals surface area contributed by atoms with Gasteiger partial charge in [0.05, 0.1) is 0 Å². The summed E-state index contributed by atoms with van der Waals surface area (Å²) in [5.41, 5.74) is 0. The van der Waals surface area contributed by atoms with Gasteiger partial charge in [-0.1, -0.05) is 224 Å². The Labute approximate surface area is 397 Å².